The van der Waals surface area contributed by atoms with Crippen LogP contribution in [0.15, 0.2) is 78.9 Å². The fourth-order valence-electron chi connectivity index (χ4n) is 4.79. The Morgan fingerprint density at radius 2 is 1.71 bits per heavy atom. The van der Waals surface area contributed by atoms with E-state index in [9.17, 15) is 9.59 Å². The lowest BCUT2D eigenvalue weighted by atomic mass is 9.87. The molecule has 1 heterocycles. The molecule has 2 aliphatic rings. The molecule has 2 amide bonds. The van der Waals surface area contributed by atoms with Crippen molar-refractivity contribution in [1.29, 1.82) is 0 Å². The highest BCUT2D eigenvalue weighted by Crippen LogP contribution is 2.38. The molecule has 3 aromatic rings. The zero-order valence-corrected chi connectivity index (χ0v) is 20.2. The number of hydrogen-bond donors (Lipinski definition) is 1. The summed E-state index contributed by atoms with van der Waals surface area (Å²) in [5.74, 6) is 1.24. The summed E-state index contributed by atoms with van der Waals surface area (Å²) in [4.78, 5) is 28.2. The molecule has 2 atom stereocenters. The topological polar surface area (TPSA) is 58.6 Å². The standard InChI is InChI=1S/C30H32N2O3/c1-2-27(29(33)31-20-21-13-14-21)35-25-16-15-22-17-18-32(30(34)24-11-7-4-8-12-24)28(26(22)19-25)23-9-5-3-6-10-23/h3-12,15-16,19,21,27-28H,2,13-14,17-18,20H2,1H3,(H,31,33). The molecule has 5 nitrogen and oxygen atoms in total. The monoisotopic (exact) mass is 468 g/mol. The zero-order valence-electron chi connectivity index (χ0n) is 20.2. The van der Waals surface area contributed by atoms with E-state index in [1.165, 1.54) is 18.4 Å². The van der Waals surface area contributed by atoms with Gasteiger partial charge < -0.3 is 15.0 Å². The molecule has 0 bridgehead atoms. The van der Waals surface area contributed by atoms with E-state index in [1.54, 1.807) is 0 Å². The number of nitrogens with one attached hydrogen (secondary N) is 1. The first kappa shape index (κ1) is 23.2. The second-order valence-corrected chi connectivity index (χ2v) is 9.49. The summed E-state index contributed by atoms with van der Waals surface area (Å²) in [7, 11) is 0. The quantitative estimate of drug-likeness (QED) is 0.497. The first-order valence-corrected chi connectivity index (χ1v) is 12.6. The maximum Gasteiger partial charge on any atom is 0.261 e. The van der Waals surface area contributed by atoms with Gasteiger partial charge in [0.1, 0.15) is 5.75 Å². The summed E-state index contributed by atoms with van der Waals surface area (Å²) in [6.45, 7) is 3.34. The van der Waals surface area contributed by atoms with Crippen LogP contribution in [-0.4, -0.2) is 35.9 Å². The Labute approximate surface area is 207 Å². The number of benzene rings is 3. The normalized spacial score (nSPS) is 17.9. The highest BCUT2D eigenvalue weighted by molar-refractivity contribution is 5.95. The van der Waals surface area contributed by atoms with Gasteiger partial charge in [-0.2, -0.15) is 0 Å². The first-order chi connectivity index (χ1) is 17.1. The SMILES string of the molecule is CCC(Oc1ccc2c(c1)C(c1ccccc1)N(C(=O)c1ccccc1)CC2)C(=O)NCC1CC1. The molecule has 1 saturated carbocycles. The molecule has 0 saturated heterocycles. The summed E-state index contributed by atoms with van der Waals surface area (Å²) in [6.07, 6.45) is 3.22. The van der Waals surface area contributed by atoms with Gasteiger partial charge in [-0.1, -0.05) is 61.5 Å². The molecule has 35 heavy (non-hydrogen) atoms. The number of carbonyl (C=O) groups is 2. The lowest BCUT2D eigenvalue weighted by Crippen LogP contribution is -2.41. The molecule has 1 N–H and O–H groups in total. The first-order valence-electron chi connectivity index (χ1n) is 12.6. The number of hydrogen-bond acceptors (Lipinski definition) is 3. The minimum absolute atomic E-state index is 0.0160. The summed E-state index contributed by atoms with van der Waals surface area (Å²) < 4.78 is 6.19. The molecule has 5 heteroatoms. The van der Waals surface area contributed by atoms with Crippen LogP contribution in [0.4, 0.5) is 0 Å². The van der Waals surface area contributed by atoms with Crippen LogP contribution in [0.25, 0.3) is 0 Å². The zero-order chi connectivity index (χ0) is 24.2. The minimum Gasteiger partial charge on any atom is -0.481 e. The van der Waals surface area contributed by atoms with Crippen molar-refractivity contribution in [2.75, 3.05) is 13.1 Å². The molecule has 180 valence electrons. The Balaban J connectivity index is 1.45. The third kappa shape index (κ3) is 5.24. The Hall–Kier alpha value is -3.60. The molecule has 2 unspecified atom stereocenters. The highest BCUT2D eigenvalue weighted by atomic mass is 16.5. The van der Waals surface area contributed by atoms with Crippen LogP contribution < -0.4 is 10.1 Å². The van der Waals surface area contributed by atoms with Gasteiger partial charge in [-0.25, -0.2) is 0 Å². The number of amides is 2. The van der Waals surface area contributed by atoms with Crippen LogP contribution in [0.3, 0.4) is 0 Å². The summed E-state index contributed by atoms with van der Waals surface area (Å²) in [5, 5.41) is 3.04. The van der Waals surface area contributed by atoms with Gasteiger partial charge >= 0.3 is 0 Å². The summed E-state index contributed by atoms with van der Waals surface area (Å²) in [6, 6.07) is 25.4. The number of rotatable bonds is 8. The molecule has 1 aliphatic heterocycles. The lowest BCUT2D eigenvalue weighted by Gasteiger charge is -2.38. The van der Waals surface area contributed by atoms with E-state index in [2.05, 4.69) is 23.5 Å². The number of fused-ring (bicyclic) bond motifs is 1. The Kier molecular flexibility index (Phi) is 6.84. The molecule has 3 aromatic carbocycles. The molecule has 0 aromatic heterocycles. The number of ether oxygens (including phenoxy) is 1. The van der Waals surface area contributed by atoms with Gasteiger partial charge in [0.05, 0.1) is 6.04 Å². The third-order valence-corrected chi connectivity index (χ3v) is 6.95. The van der Waals surface area contributed by atoms with E-state index in [0.717, 1.165) is 24.1 Å². The minimum atomic E-state index is -0.535. The average Bonchev–Trinajstić information content (AvgIpc) is 3.75. The van der Waals surface area contributed by atoms with Crippen molar-refractivity contribution in [2.24, 2.45) is 5.92 Å². The van der Waals surface area contributed by atoms with Crippen LogP contribution in [0.5, 0.6) is 5.75 Å². The Bertz CT molecular complexity index is 1170. The van der Waals surface area contributed by atoms with Crippen molar-refractivity contribution in [3.8, 4) is 5.75 Å². The lowest BCUT2D eigenvalue weighted by molar-refractivity contribution is -0.128. The maximum atomic E-state index is 13.6. The second kappa shape index (κ2) is 10.3. The van der Waals surface area contributed by atoms with Crippen LogP contribution in [0.2, 0.25) is 0 Å². The van der Waals surface area contributed by atoms with Crippen LogP contribution >= 0.6 is 0 Å². The summed E-state index contributed by atoms with van der Waals surface area (Å²) >= 11 is 0. The van der Waals surface area contributed by atoms with E-state index in [1.807, 2.05) is 72.5 Å². The van der Waals surface area contributed by atoms with E-state index < -0.39 is 6.10 Å². The fourth-order valence-corrected chi connectivity index (χ4v) is 4.79. The second-order valence-electron chi connectivity index (χ2n) is 9.49. The molecule has 1 fully saturated rings. The Morgan fingerprint density at radius 3 is 2.40 bits per heavy atom. The van der Waals surface area contributed by atoms with Crippen LogP contribution in [0, 0.1) is 5.92 Å². The predicted octanol–water partition coefficient (Wildman–Crippen LogP) is 5.16. The molecule has 5 rings (SSSR count). The smallest absolute Gasteiger partial charge is 0.261 e. The van der Waals surface area contributed by atoms with Crippen molar-refractivity contribution in [3.63, 3.8) is 0 Å². The maximum absolute atomic E-state index is 13.6. The van der Waals surface area contributed by atoms with Crippen molar-refractivity contribution < 1.29 is 14.3 Å². The van der Waals surface area contributed by atoms with Gasteiger partial charge in [-0.3, -0.25) is 9.59 Å². The number of carbonyl (C=O) groups excluding carboxylic acids is 2. The summed E-state index contributed by atoms with van der Waals surface area (Å²) in [5.41, 5.74) is 4.00. The van der Waals surface area contributed by atoms with Crippen molar-refractivity contribution >= 4 is 11.8 Å². The average molecular weight is 469 g/mol. The van der Waals surface area contributed by atoms with E-state index >= 15 is 0 Å². The van der Waals surface area contributed by atoms with Crippen molar-refractivity contribution in [1.82, 2.24) is 10.2 Å². The van der Waals surface area contributed by atoms with Gasteiger partial charge in [-0.05, 0) is 72.6 Å². The molecular formula is C30H32N2O3. The number of nitrogens with zero attached hydrogens (tertiary/aromatic N) is 1. The van der Waals surface area contributed by atoms with Gasteiger partial charge in [0.25, 0.3) is 11.8 Å². The van der Waals surface area contributed by atoms with Gasteiger partial charge in [0.15, 0.2) is 6.10 Å². The van der Waals surface area contributed by atoms with Crippen molar-refractivity contribution in [2.45, 2.75) is 44.8 Å². The largest absolute Gasteiger partial charge is 0.481 e. The van der Waals surface area contributed by atoms with Crippen LogP contribution in [-0.2, 0) is 11.2 Å². The molecule has 0 radical (unpaired) electrons. The van der Waals surface area contributed by atoms with Gasteiger partial charge in [0, 0.05) is 18.7 Å². The van der Waals surface area contributed by atoms with Gasteiger partial charge in [-0.15, -0.1) is 0 Å². The van der Waals surface area contributed by atoms with Crippen molar-refractivity contribution in [3.05, 3.63) is 101 Å². The third-order valence-electron chi connectivity index (χ3n) is 6.95. The predicted molar refractivity (Wildman–Crippen MR) is 136 cm³/mol. The molecule has 1 aliphatic carbocycles. The molecule has 0 spiro atoms. The highest BCUT2D eigenvalue weighted by Gasteiger charge is 2.33. The fraction of sp³-hybridized carbons (Fsp3) is 0.333. The molecular weight excluding hydrogens is 436 g/mol. The van der Waals surface area contributed by atoms with Crippen LogP contribution in [0.1, 0.15) is 59.3 Å². The van der Waals surface area contributed by atoms with E-state index in [4.69, 9.17) is 4.74 Å². The van der Waals surface area contributed by atoms with E-state index in [0.29, 0.717) is 30.2 Å². The Morgan fingerprint density at radius 1 is 1.00 bits per heavy atom. The van der Waals surface area contributed by atoms with E-state index in [-0.39, 0.29) is 17.9 Å². The van der Waals surface area contributed by atoms with Gasteiger partial charge in [0.2, 0.25) is 0 Å².